The van der Waals surface area contributed by atoms with Crippen LogP contribution in [0.4, 0.5) is 0 Å². The lowest BCUT2D eigenvalue weighted by Crippen LogP contribution is -2.13. The molecule has 0 amide bonds. The van der Waals surface area contributed by atoms with Gasteiger partial charge in [0.1, 0.15) is 6.04 Å². The lowest BCUT2D eigenvalue weighted by Gasteiger charge is -2.06. The summed E-state index contributed by atoms with van der Waals surface area (Å²) in [5, 5.41) is 8.58. The van der Waals surface area contributed by atoms with E-state index < -0.39 is 6.04 Å². The second kappa shape index (κ2) is 3.88. The van der Waals surface area contributed by atoms with Crippen LogP contribution < -0.4 is 5.73 Å². The van der Waals surface area contributed by atoms with E-state index in [4.69, 9.17) is 11.0 Å². The molecule has 0 spiro atoms. The molecule has 0 saturated carbocycles. The van der Waals surface area contributed by atoms with Gasteiger partial charge < -0.3 is 10.3 Å². The van der Waals surface area contributed by atoms with Crippen LogP contribution in [-0.4, -0.2) is 9.55 Å². The van der Waals surface area contributed by atoms with Crippen molar-refractivity contribution in [2.45, 2.75) is 25.9 Å². The largest absolute Gasteiger partial charge is 0.332 e. The third kappa shape index (κ3) is 1.63. The highest BCUT2D eigenvalue weighted by atomic mass is 15.1. The van der Waals surface area contributed by atoms with Gasteiger partial charge in [-0.25, -0.2) is 4.98 Å². The number of nitriles is 1. The highest BCUT2D eigenvalue weighted by molar-refractivity contribution is 5.12. The van der Waals surface area contributed by atoms with Gasteiger partial charge in [-0.05, 0) is 6.42 Å². The van der Waals surface area contributed by atoms with Gasteiger partial charge in [0, 0.05) is 6.54 Å². The van der Waals surface area contributed by atoms with E-state index in [1.807, 2.05) is 10.6 Å². The third-order valence-corrected chi connectivity index (χ3v) is 1.67. The fourth-order valence-electron chi connectivity index (χ4n) is 1.08. The second-order valence-corrected chi connectivity index (χ2v) is 2.62. The molecule has 2 N–H and O–H groups in total. The minimum Gasteiger partial charge on any atom is -0.332 e. The van der Waals surface area contributed by atoms with Crippen LogP contribution in [0.3, 0.4) is 0 Å². The van der Waals surface area contributed by atoms with Crippen LogP contribution in [0, 0.1) is 11.3 Å². The van der Waals surface area contributed by atoms with E-state index in [0.29, 0.717) is 0 Å². The molecule has 0 aliphatic carbocycles. The normalized spacial score (nSPS) is 12.4. The highest BCUT2D eigenvalue weighted by Gasteiger charge is 2.08. The molecule has 0 bridgehead atoms. The number of rotatable bonds is 3. The maximum absolute atomic E-state index is 8.58. The molecule has 0 saturated heterocycles. The molecule has 0 fully saturated rings. The lowest BCUT2D eigenvalue weighted by atomic mass is 10.2. The van der Waals surface area contributed by atoms with Crippen LogP contribution in [-0.2, 0) is 6.54 Å². The molecule has 64 valence electrons. The fourth-order valence-corrected chi connectivity index (χ4v) is 1.08. The summed E-state index contributed by atoms with van der Waals surface area (Å²) >= 11 is 0. The van der Waals surface area contributed by atoms with E-state index >= 15 is 0 Å². The summed E-state index contributed by atoms with van der Waals surface area (Å²) in [4.78, 5) is 3.94. The Hall–Kier alpha value is -1.34. The van der Waals surface area contributed by atoms with Crippen LogP contribution in [0.5, 0.6) is 0 Å². The van der Waals surface area contributed by atoms with Crippen molar-refractivity contribution < 1.29 is 0 Å². The van der Waals surface area contributed by atoms with Crippen LogP contribution >= 0.6 is 0 Å². The van der Waals surface area contributed by atoms with Crippen molar-refractivity contribution in [3.63, 3.8) is 0 Å². The second-order valence-electron chi connectivity index (χ2n) is 2.62. The zero-order valence-corrected chi connectivity index (χ0v) is 7.07. The molecule has 0 aliphatic rings. The molecule has 1 rings (SSSR count). The van der Waals surface area contributed by atoms with E-state index in [2.05, 4.69) is 11.9 Å². The van der Waals surface area contributed by atoms with Crippen molar-refractivity contribution in [1.82, 2.24) is 9.55 Å². The molecule has 1 heterocycles. The lowest BCUT2D eigenvalue weighted by molar-refractivity contribution is 0.633. The first-order valence-corrected chi connectivity index (χ1v) is 3.94. The molecule has 0 radical (unpaired) electrons. The van der Waals surface area contributed by atoms with E-state index in [-0.39, 0.29) is 0 Å². The summed E-state index contributed by atoms with van der Waals surface area (Å²) in [5.74, 6) is 0. The van der Waals surface area contributed by atoms with E-state index in [0.717, 1.165) is 18.7 Å². The summed E-state index contributed by atoms with van der Waals surface area (Å²) in [6, 6.07) is 1.43. The molecule has 1 aromatic heterocycles. The molecule has 1 unspecified atom stereocenters. The predicted molar refractivity (Wildman–Crippen MR) is 45.1 cm³/mol. The Morgan fingerprint density at radius 3 is 3.17 bits per heavy atom. The monoisotopic (exact) mass is 164 g/mol. The van der Waals surface area contributed by atoms with Gasteiger partial charge >= 0.3 is 0 Å². The molecule has 4 nitrogen and oxygen atoms in total. The minimum atomic E-state index is -0.556. The SMILES string of the molecule is CCCn1cncc1C(N)C#N. The van der Waals surface area contributed by atoms with Gasteiger partial charge in [0.2, 0.25) is 0 Å². The summed E-state index contributed by atoms with van der Waals surface area (Å²) in [6.07, 6.45) is 4.36. The number of hydrogen-bond donors (Lipinski definition) is 1. The van der Waals surface area contributed by atoms with Crippen molar-refractivity contribution in [3.05, 3.63) is 18.2 Å². The van der Waals surface area contributed by atoms with Gasteiger partial charge in [-0.1, -0.05) is 6.92 Å². The molecule has 12 heavy (non-hydrogen) atoms. The fraction of sp³-hybridized carbons (Fsp3) is 0.500. The zero-order valence-electron chi connectivity index (χ0n) is 7.07. The summed E-state index contributed by atoms with van der Waals surface area (Å²) in [6.45, 7) is 2.94. The summed E-state index contributed by atoms with van der Waals surface area (Å²) < 4.78 is 1.91. The molecular formula is C8H12N4. The van der Waals surface area contributed by atoms with Crippen molar-refractivity contribution in [2.24, 2.45) is 5.73 Å². The Morgan fingerprint density at radius 2 is 2.58 bits per heavy atom. The van der Waals surface area contributed by atoms with Crippen LogP contribution in [0.15, 0.2) is 12.5 Å². The van der Waals surface area contributed by atoms with Crippen LogP contribution in [0.25, 0.3) is 0 Å². The van der Waals surface area contributed by atoms with Crippen molar-refractivity contribution in [3.8, 4) is 6.07 Å². The molecular weight excluding hydrogens is 152 g/mol. The zero-order chi connectivity index (χ0) is 8.97. The Kier molecular flexibility index (Phi) is 2.83. The minimum absolute atomic E-state index is 0.556. The number of nitrogens with two attached hydrogens (primary N) is 1. The quantitative estimate of drug-likeness (QED) is 0.719. The highest BCUT2D eigenvalue weighted by Crippen LogP contribution is 2.08. The molecule has 1 aromatic rings. The topological polar surface area (TPSA) is 67.6 Å². The van der Waals surface area contributed by atoms with Gasteiger partial charge in [0.05, 0.1) is 24.3 Å². The first-order chi connectivity index (χ1) is 5.79. The standard InChI is InChI=1S/C8H12N4/c1-2-3-12-6-11-5-8(12)7(10)4-9/h5-7H,2-3,10H2,1H3. The van der Waals surface area contributed by atoms with E-state index in [1.54, 1.807) is 12.5 Å². The smallest absolute Gasteiger partial charge is 0.135 e. The molecule has 0 aromatic carbocycles. The Bertz CT molecular complexity index is 283. The first kappa shape index (κ1) is 8.75. The number of aromatic nitrogens is 2. The van der Waals surface area contributed by atoms with Gasteiger partial charge in [-0.3, -0.25) is 0 Å². The molecule has 0 aliphatic heterocycles. The number of hydrogen-bond acceptors (Lipinski definition) is 3. The van der Waals surface area contributed by atoms with E-state index in [1.165, 1.54) is 0 Å². The van der Waals surface area contributed by atoms with Gasteiger partial charge in [0.15, 0.2) is 0 Å². The van der Waals surface area contributed by atoms with Gasteiger partial charge in [-0.2, -0.15) is 5.26 Å². The molecule has 4 heteroatoms. The maximum Gasteiger partial charge on any atom is 0.135 e. The molecule has 1 atom stereocenters. The first-order valence-electron chi connectivity index (χ1n) is 3.94. The summed E-state index contributed by atoms with van der Waals surface area (Å²) in [7, 11) is 0. The third-order valence-electron chi connectivity index (χ3n) is 1.67. The van der Waals surface area contributed by atoms with E-state index in [9.17, 15) is 0 Å². The predicted octanol–water partition coefficient (Wildman–Crippen LogP) is 0.816. The summed E-state index contributed by atoms with van der Waals surface area (Å²) in [5.41, 5.74) is 6.34. The van der Waals surface area contributed by atoms with Gasteiger partial charge in [0.25, 0.3) is 0 Å². The number of imidazole rings is 1. The Morgan fingerprint density at radius 1 is 1.83 bits per heavy atom. The number of nitrogens with zero attached hydrogens (tertiary/aromatic N) is 3. The van der Waals surface area contributed by atoms with Crippen molar-refractivity contribution in [2.75, 3.05) is 0 Å². The van der Waals surface area contributed by atoms with Gasteiger partial charge in [-0.15, -0.1) is 0 Å². The number of aryl methyl sites for hydroxylation is 1. The van der Waals surface area contributed by atoms with Crippen LogP contribution in [0.2, 0.25) is 0 Å². The average Bonchev–Trinajstić information content (AvgIpc) is 2.52. The van der Waals surface area contributed by atoms with Crippen LogP contribution in [0.1, 0.15) is 25.1 Å². The Labute approximate surface area is 71.6 Å². The Balaban J connectivity index is 2.85. The maximum atomic E-state index is 8.58. The van der Waals surface area contributed by atoms with Crippen molar-refractivity contribution >= 4 is 0 Å². The average molecular weight is 164 g/mol. The van der Waals surface area contributed by atoms with Crippen molar-refractivity contribution in [1.29, 1.82) is 5.26 Å².